The smallest absolute Gasteiger partial charge is 0.255 e. The van der Waals surface area contributed by atoms with Crippen molar-refractivity contribution in [3.8, 4) is 0 Å². The van der Waals surface area contributed by atoms with Crippen LogP contribution in [0.5, 0.6) is 0 Å². The molecule has 1 aromatic heterocycles. The first-order chi connectivity index (χ1) is 12.6. The first-order valence-electron chi connectivity index (χ1n) is 7.98. The van der Waals surface area contributed by atoms with Crippen molar-refractivity contribution in [2.24, 2.45) is 0 Å². The van der Waals surface area contributed by atoms with Crippen molar-refractivity contribution >= 4 is 51.8 Å². The van der Waals surface area contributed by atoms with E-state index in [0.29, 0.717) is 40.2 Å². The Morgan fingerprint density at radius 3 is 2.62 bits per heavy atom. The lowest BCUT2D eigenvalue weighted by Crippen LogP contribution is -2.28. The van der Waals surface area contributed by atoms with Gasteiger partial charge in [-0.2, -0.15) is 0 Å². The van der Waals surface area contributed by atoms with E-state index in [1.807, 2.05) is 24.3 Å². The van der Waals surface area contributed by atoms with Crippen molar-refractivity contribution in [3.05, 3.63) is 63.9 Å². The fraction of sp³-hybridized carbons (Fsp3) is 0.158. The van der Waals surface area contributed by atoms with E-state index in [-0.39, 0.29) is 5.91 Å². The number of hydrogen-bond donors (Lipinski definition) is 2. The molecule has 3 rings (SSSR count). The number of amides is 1. The normalized spacial score (nSPS) is 11.7. The van der Waals surface area contributed by atoms with Crippen LogP contribution in [0.4, 0.5) is 0 Å². The number of nitrogens with zero attached hydrogens (tertiary/aromatic N) is 1. The molecule has 0 radical (unpaired) electrons. The Kier molecular flexibility index (Phi) is 5.93. The molecule has 1 amide bonds. The summed E-state index contributed by atoms with van der Waals surface area (Å²) in [6.45, 7) is 0.787. The van der Waals surface area contributed by atoms with Gasteiger partial charge in [0.1, 0.15) is 5.82 Å². The summed E-state index contributed by atoms with van der Waals surface area (Å²) >= 11 is 12.5. The predicted molar refractivity (Wildman–Crippen MR) is 105 cm³/mol. The number of carbonyl (C=O) groups is 1. The molecule has 0 unspecified atom stereocenters. The Morgan fingerprint density at radius 1 is 1.19 bits per heavy atom. The third-order valence-electron chi connectivity index (χ3n) is 3.77. The number of H-pyrrole nitrogens is 1. The van der Waals surface area contributed by atoms with Crippen LogP contribution < -0.4 is 5.32 Å². The third-order valence-corrected chi connectivity index (χ3v) is 4.43. The number of fused-ring (bicyclic) bond motifs is 1. The average molecular weight is 390 g/mol. The minimum absolute atomic E-state index is 0.294. The second-order valence-corrected chi connectivity index (χ2v) is 6.36. The highest BCUT2D eigenvalue weighted by Crippen LogP contribution is 2.29. The maximum Gasteiger partial charge on any atom is 0.255 e. The molecule has 0 saturated heterocycles. The van der Waals surface area contributed by atoms with Gasteiger partial charge in [-0.25, -0.2) is 4.98 Å². The fourth-order valence-electron chi connectivity index (χ4n) is 2.48. The van der Waals surface area contributed by atoms with Gasteiger partial charge < -0.3 is 15.0 Å². The number of benzene rings is 2. The molecule has 0 aliphatic rings. The Hall–Kier alpha value is -2.34. The Morgan fingerprint density at radius 2 is 1.92 bits per heavy atom. The van der Waals surface area contributed by atoms with E-state index in [9.17, 15) is 4.79 Å². The van der Waals surface area contributed by atoms with Crippen molar-refractivity contribution in [1.82, 2.24) is 15.3 Å². The molecular formula is C19H17Cl2N3O2. The van der Waals surface area contributed by atoms with Gasteiger partial charge in [-0.05, 0) is 30.3 Å². The molecule has 5 nitrogen and oxygen atoms in total. The Labute approximate surface area is 161 Å². The molecule has 134 valence electrons. The van der Waals surface area contributed by atoms with Gasteiger partial charge in [0, 0.05) is 29.3 Å². The number of halogens is 2. The van der Waals surface area contributed by atoms with E-state index in [4.69, 9.17) is 27.9 Å². The van der Waals surface area contributed by atoms with Crippen LogP contribution in [0.15, 0.2) is 42.5 Å². The molecular weight excluding hydrogens is 373 g/mol. The van der Waals surface area contributed by atoms with Crippen LogP contribution in [0.3, 0.4) is 0 Å². The standard InChI is InChI=1S/C19H17Cl2N3O2/c1-26-10-9-22-19(25)13(11-12-14(20)5-4-6-15(12)21)18-23-16-7-2-3-8-17(16)24-18/h2-8,11H,9-10H2,1H3,(H,22,25)(H,23,24)/b13-11-. The molecule has 0 aliphatic heterocycles. The van der Waals surface area contributed by atoms with Crippen LogP contribution in [-0.4, -0.2) is 36.1 Å². The Bertz CT molecular complexity index is 913. The lowest BCUT2D eigenvalue weighted by Gasteiger charge is -2.08. The second-order valence-electron chi connectivity index (χ2n) is 5.54. The molecule has 3 aromatic rings. The van der Waals surface area contributed by atoms with Crippen LogP contribution in [0.2, 0.25) is 10.0 Å². The van der Waals surface area contributed by atoms with Crippen LogP contribution in [0.25, 0.3) is 22.7 Å². The fourth-order valence-corrected chi connectivity index (χ4v) is 2.98. The van der Waals surface area contributed by atoms with Crippen LogP contribution >= 0.6 is 23.2 Å². The molecule has 1 heterocycles. The van der Waals surface area contributed by atoms with E-state index in [0.717, 1.165) is 11.0 Å². The number of para-hydroxylation sites is 2. The lowest BCUT2D eigenvalue weighted by atomic mass is 10.1. The number of aromatic nitrogens is 2. The molecule has 2 N–H and O–H groups in total. The second kappa shape index (κ2) is 8.36. The summed E-state index contributed by atoms with van der Waals surface area (Å²) in [4.78, 5) is 20.4. The van der Waals surface area contributed by atoms with Gasteiger partial charge in [0.05, 0.1) is 23.2 Å². The van der Waals surface area contributed by atoms with Gasteiger partial charge in [0.25, 0.3) is 5.91 Å². The van der Waals surface area contributed by atoms with Crippen LogP contribution in [0.1, 0.15) is 11.4 Å². The highest BCUT2D eigenvalue weighted by Gasteiger charge is 2.17. The van der Waals surface area contributed by atoms with Gasteiger partial charge in [0.15, 0.2) is 0 Å². The minimum atomic E-state index is -0.294. The first kappa shape index (κ1) is 18.5. The van der Waals surface area contributed by atoms with E-state index in [1.54, 1.807) is 31.4 Å². The van der Waals surface area contributed by atoms with Gasteiger partial charge in [-0.3, -0.25) is 4.79 Å². The number of carbonyl (C=O) groups excluding carboxylic acids is 1. The van der Waals surface area contributed by atoms with Crippen LogP contribution in [0, 0.1) is 0 Å². The SMILES string of the molecule is COCCNC(=O)/C(=C\c1c(Cl)cccc1Cl)c1nc2ccccc2[nH]1. The molecule has 26 heavy (non-hydrogen) atoms. The number of aromatic amines is 1. The topological polar surface area (TPSA) is 67.0 Å². The van der Waals surface area contributed by atoms with Crippen molar-refractivity contribution < 1.29 is 9.53 Å². The zero-order chi connectivity index (χ0) is 18.5. The molecule has 2 aromatic carbocycles. The van der Waals surface area contributed by atoms with Crippen molar-refractivity contribution in [2.45, 2.75) is 0 Å². The average Bonchev–Trinajstić information content (AvgIpc) is 3.05. The minimum Gasteiger partial charge on any atom is -0.383 e. The first-order valence-corrected chi connectivity index (χ1v) is 8.73. The zero-order valence-corrected chi connectivity index (χ0v) is 15.6. The van der Waals surface area contributed by atoms with Crippen molar-refractivity contribution in [2.75, 3.05) is 20.3 Å². The van der Waals surface area contributed by atoms with Crippen molar-refractivity contribution in [1.29, 1.82) is 0 Å². The maximum absolute atomic E-state index is 12.7. The molecule has 0 aliphatic carbocycles. The van der Waals surface area contributed by atoms with Gasteiger partial charge in [-0.1, -0.05) is 41.4 Å². The number of ether oxygens (including phenoxy) is 1. The molecule has 0 saturated carbocycles. The number of methoxy groups -OCH3 is 1. The maximum atomic E-state index is 12.7. The summed E-state index contributed by atoms with van der Waals surface area (Å²) in [7, 11) is 1.58. The summed E-state index contributed by atoms with van der Waals surface area (Å²) < 4.78 is 4.98. The molecule has 0 fully saturated rings. The van der Waals surface area contributed by atoms with E-state index < -0.39 is 0 Å². The van der Waals surface area contributed by atoms with Gasteiger partial charge in [-0.15, -0.1) is 0 Å². The summed E-state index contributed by atoms with van der Waals surface area (Å²) in [5.41, 5.74) is 2.51. The number of hydrogen-bond acceptors (Lipinski definition) is 3. The number of imidazole rings is 1. The van der Waals surface area contributed by atoms with E-state index in [2.05, 4.69) is 15.3 Å². The quantitative estimate of drug-likeness (QED) is 0.490. The molecule has 0 atom stereocenters. The molecule has 0 bridgehead atoms. The lowest BCUT2D eigenvalue weighted by molar-refractivity contribution is -0.115. The Balaban J connectivity index is 2.06. The largest absolute Gasteiger partial charge is 0.383 e. The van der Waals surface area contributed by atoms with Crippen LogP contribution in [-0.2, 0) is 9.53 Å². The highest BCUT2D eigenvalue weighted by molar-refractivity contribution is 6.38. The summed E-state index contributed by atoms with van der Waals surface area (Å²) in [5.74, 6) is 0.147. The van der Waals surface area contributed by atoms with Gasteiger partial charge >= 0.3 is 0 Å². The molecule has 0 spiro atoms. The highest BCUT2D eigenvalue weighted by atomic mass is 35.5. The summed E-state index contributed by atoms with van der Waals surface area (Å²) in [6, 6.07) is 12.8. The zero-order valence-electron chi connectivity index (χ0n) is 14.1. The number of rotatable bonds is 6. The molecule has 7 heteroatoms. The van der Waals surface area contributed by atoms with Gasteiger partial charge in [0.2, 0.25) is 0 Å². The van der Waals surface area contributed by atoms with Crippen molar-refractivity contribution in [3.63, 3.8) is 0 Å². The number of nitrogens with one attached hydrogen (secondary N) is 2. The van der Waals surface area contributed by atoms with E-state index >= 15 is 0 Å². The monoisotopic (exact) mass is 389 g/mol. The van der Waals surface area contributed by atoms with E-state index in [1.165, 1.54) is 0 Å². The summed E-state index contributed by atoms with van der Waals surface area (Å²) in [6.07, 6.45) is 1.64. The third kappa shape index (κ3) is 4.07. The summed E-state index contributed by atoms with van der Waals surface area (Å²) in [5, 5.41) is 3.72. The predicted octanol–water partition coefficient (Wildman–Crippen LogP) is 4.17.